The van der Waals surface area contributed by atoms with E-state index in [2.05, 4.69) is 31.1 Å². The molecule has 15 heteroatoms. The largest absolute Gasteiger partial charge is 0.486 e. The summed E-state index contributed by atoms with van der Waals surface area (Å²) < 4.78 is 37.5. The summed E-state index contributed by atoms with van der Waals surface area (Å²) in [6.07, 6.45) is 4.16. The molecule has 2 aromatic carbocycles. The minimum absolute atomic E-state index is 0.0148. The monoisotopic (exact) mass is 826 g/mol. The molecule has 5 fully saturated rings. The number of imidazole rings is 1. The van der Waals surface area contributed by atoms with Gasteiger partial charge >= 0.3 is 25.3 Å². The molecule has 1 aromatic heterocycles. The van der Waals surface area contributed by atoms with Crippen LogP contribution in [0.15, 0.2) is 55.0 Å². The number of esters is 1. The number of hydrogen-bond donors (Lipinski definition) is 1. The lowest BCUT2D eigenvalue weighted by atomic mass is 9.43. The quantitative estimate of drug-likeness (QED) is 0.116. The van der Waals surface area contributed by atoms with Crippen molar-refractivity contribution in [3.8, 4) is 5.75 Å². The normalized spacial score (nSPS) is 23.7. The summed E-state index contributed by atoms with van der Waals surface area (Å²) >= 11 is 0. The molecule has 1 unspecified atom stereocenters. The van der Waals surface area contributed by atoms with Crippen LogP contribution in [0.3, 0.4) is 0 Å². The van der Waals surface area contributed by atoms with E-state index in [4.69, 9.17) is 28.3 Å². The maximum absolute atomic E-state index is 14.0. The number of aromatic nitrogens is 2. The molecular formula is C45H59BN4O10. The molecule has 2 aliphatic heterocycles. The number of carbonyl (C=O) groups excluding carboxylic acids is 4. The zero-order valence-corrected chi connectivity index (χ0v) is 36.5. The highest BCUT2D eigenvalue weighted by Crippen LogP contribution is 2.65. The van der Waals surface area contributed by atoms with E-state index in [0.29, 0.717) is 35.9 Å². The number of alkyl carbamates (subject to hydrolysis) is 1. The maximum Gasteiger partial charge on any atom is 0.457 e. The van der Waals surface area contributed by atoms with Crippen LogP contribution in [0.25, 0.3) is 0 Å². The first-order valence-electron chi connectivity index (χ1n) is 21.0. The number of nitrogens with one attached hydrogen (secondary N) is 1. The van der Waals surface area contributed by atoms with Gasteiger partial charge in [0, 0.05) is 6.20 Å². The number of benzene rings is 2. The van der Waals surface area contributed by atoms with Crippen LogP contribution >= 0.6 is 0 Å². The summed E-state index contributed by atoms with van der Waals surface area (Å²) in [7, 11) is -0.330. The Bertz CT molecular complexity index is 2100. The average Bonchev–Trinajstić information content (AvgIpc) is 3.77. The molecule has 3 aromatic rings. The van der Waals surface area contributed by atoms with Crippen LogP contribution in [0, 0.1) is 24.2 Å². The lowest BCUT2D eigenvalue weighted by Gasteiger charge is -2.64. The Morgan fingerprint density at radius 3 is 2.33 bits per heavy atom. The molecule has 0 radical (unpaired) electrons. The SMILES string of the molecule is Cc1c(CCB2O[C@@H]3C[C@@H]4C[C@@H](C4(C)C)[C@]3(C)O2)ccc(OC2CN(C(=O)C(NC(=O)OCc3ccccc3)c3cn(C(=O)OC(C)(C)C)cn3)C2)c1C(=O)OC(C)(C)C. The van der Waals surface area contributed by atoms with Crippen LogP contribution in [-0.2, 0) is 41.3 Å². The highest BCUT2D eigenvalue weighted by atomic mass is 16.7. The van der Waals surface area contributed by atoms with Gasteiger partial charge in [-0.2, -0.15) is 0 Å². The van der Waals surface area contributed by atoms with Gasteiger partial charge in [0.25, 0.3) is 5.91 Å². The van der Waals surface area contributed by atoms with E-state index in [0.717, 1.165) is 27.7 Å². The van der Waals surface area contributed by atoms with Crippen LogP contribution in [0.4, 0.5) is 9.59 Å². The summed E-state index contributed by atoms with van der Waals surface area (Å²) in [4.78, 5) is 59.5. The van der Waals surface area contributed by atoms with Gasteiger partial charge in [0.05, 0.1) is 30.5 Å². The van der Waals surface area contributed by atoms with E-state index < -0.39 is 47.4 Å². The van der Waals surface area contributed by atoms with Crippen LogP contribution < -0.4 is 10.1 Å². The van der Waals surface area contributed by atoms with Gasteiger partial charge in [-0.15, -0.1) is 0 Å². The van der Waals surface area contributed by atoms with Crippen molar-refractivity contribution in [1.29, 1.82) is 0 Å². The second kappa shape index (κ2) is 16.2. The second-order valence-electron chi connectivity index (χ2n) is 19.5. The van der Waals surface area contributed by atoms with Crippen molar-refractivity contribution in [2.24, 2.45) is 17.3 Å². The molecule has 5 aliphatic rings. The molecule has 3 aliphatic carbocycles. The van der Waals surface area contributed by atoms with Crippen molar-refractivity contribution in [2.75, 3.05) is 13.1 Å². The molecule has 0 spiro atoms. The Kier molecular flexibility index (Phi) is 11.7. The number of nitrogens with zero attached hydrogens (tertiary/aromatic N) is 3. The van der Waals surface area contributed by atoms with Gasteiger partial charge in [-0.1, -0.05) is 50.2 Å². The molecule has 60 heavy (non-hydrogen) atoms. The van der Waals surface area contributed by atoms with Crippen molar-refractivity contribution in [3.63, 3.8) is 0 Å². The third kappa shape index (κ3) is 9.07. The number of rotatable bonds is 11. The third-order valence-corrected chi connectivity index (χ3v) is 12.5. The number of hydrogen-bond acceptors (Lipinski definition) is 11. The number of likely N-dealkylation sites (tertiary alicyclic amines) is 1. The van der Waals surface area contributed by atoms with Gasteiger partial charge in [-0.05, 0) is 121 Å². The molecule has 2 amide bonds. The van der Waals surface area contributed by atoms with Crippen LogP contribution in [0.1, 0.15) is 114 Å². The number of ether oxygens (including phenoxy) is 4. The van der Waals surface area contributed by atoms with Gasteiger partial charge < -0.3 is 38.5 Å². The molecule has 5 atom stereocenters. The Morgan fingerprint density at radius 1 is 0.967 bits per heavy atom. The summed E-state index contributed by atoms with van der Waals surface area (Å²) in [5.41, 5.74) is 1.38. The van der Waals surface area contributed by atoms with E-state index >= 15 is 0 Å². The van der Waals surface area contributed by atoms with Crippen LogP contribution in [0.5, 0.6) is 5.75 Å². The van der Waals surface area contributed by atoms with Crippen LogP contribution in [-0.4, -0.2) is 87.7 Å². The summed E-state index contributed by atoms with van der Waals surface area (Å²) in [5, 5.41) is 2.63. The van der Waals surface area contributed by atoms with Gasteiger partial charge in [0.15, 0.2) is 6.04 Å². The van der Waals surface area contributed by atoms with Gasteiger partial charge in [0.1, 0.15) is 41.6 Å². The molecule has 14 nitrogen and oxygen atoms in total. The van der Waals surface area contributed by atoms with E-state index in [9.17, 15) is 19.2 Å². The standard InChI is InChI=1S/C45H59BN4O10/c1-27-29(18-19-46-59-35-21-30-20-34(44(30,8)9)45(35,10)60-46)16-17-33(36(27)39(52)57-42(2,3)4)56-31-22-49(23-31)38(51)37(48-40(53)55-25-28-14-12-11-13-15-28)32-24-50(26-47-32)41(54)58-43(5,6)7/h11-17,24,26,30-31,34-35,37H,18-23,25H2,1-10H3,(H,48,53)/t30-,34-,35+,37?,45-/m0/s1. The summed E-state index contributed by atoms with van der Waals surface area (Å²) in [6.45, 7) is 19.8. The maximum atomic E-state index is 14.0. The zero-order chi connectivity index (χ0) is 43.4. The van der Waals surface area contributed by atoms with Crippen molar-refractivity contribution in [2.45, 2.75) is 136 Å². The number of carbonyl (C=O) groups is 4. The zero-order valence-electron chi connectivity index (χ0n) is 36.5. The van der Waals surface area contributed by atoms with E-state index in [1.807, 2.05) is 64.1 Å². The highest BCUT2D eigenvalue weighted by molar-refractivity contribution is 6.45. The van der Waals surface area contributed by atoms with Crippen molar-refractivity contribution in [1.82, 2.24) is 19.8 Å². The highest BCUT2D eigenvalue weighted by Gasteiger charge is 2.67. The first kappa shape index (κ1) is 43.2. The average molecular weight is 827 g/mol. The first-order valence-corrected chi connectivity index (χ1v) is 21.0. The lowest BCUT2D eigenvalue weighted by molar-refractivity contribution is -0.199. The third-order valence-electron chi connectivity index (χ3n) is 12.5. The van der Waals surface area contributed by atoms with Crippen molar-refractivity contribution < 1.29 is 47.4 Å². The van der Waals surface area contributed by atoms with Crippen molar-refractivity contribution in [3.05, 3.63) is 82.9 Å². The number of aryl methyl sites for hydroxylation is 1. The van der Waals surface area contributed by atoms with Crippen LogP contribution in [0.2, 0.25) is 6.32 Å². The predicted octanol–water partition coefficient (Wildman–Crippen LogP) is 7.46. The van der Waals surface area contributed by atoms with E-state index in [1.165, 1.54) is 23.8 Å². The molecular weight excluding hydrogens is 767 g/mol. The Hall–Kier alpha value is -4.89. The van der Waals surface area contributed by atoms with Crippen molar-refractivity contribution >= 4 is 31.2 Å². The van der Waals surface area contributed by atoms with Gasteiger partial charge in [-0.3, -0.25) is 4.79 Å². The molecule has 2 saturated heterocycles. The molecule has 322 valence electrons. The minimum atomic E-state index is -1.28. The smallest absolute Gasteiger partial charge is 0.457 e. The van der Waals surface area contributed by atoms with E-state index in [1.54, 1.807) is 26.8 Å². The van der Waals surface area contributed by atoms with Gasteiger partial charge in [-0.25, -0.2) is 23.9 Å². The van der Waals surface area contributed by atoms with Gasteiger partial charge in [0.2, 0.25) is 0 Å². The Morgan fingerprint density at radius 2 is 1.67 bits per heavy atom. The lowest BCUT2D eigenvalue weighted by Crippen LogP contribution is -2.65. The first-order chi connectivity index (χ1) is 28.1. The molecule has 3 heterocycles. The topological polar surface area (TPSA) is 157 Å². The number of amides is 2. The fraction of sp³-hybridized carbons (Fsp3) is 0.578. The summed E-state index contributed by atoms with van der Waals surface area (Å²) in [6, 6.07) is 11.6. The Labute approximate surface area is 353 Å². The molecule has 3 saturated carbocycles. The minimum Gasteiger partial charge on any atom is -0.486 e. The fourth-order valence-electron chi connectivity index (χ4n) is 9.13. The Balaban J connectivity index is 1.03. The second-order valence-corrected chi connectivity index (χ2v) is 19.5. The summed E-state index contributed by atoms with van der Waals surface area (Å²) in [5.74, 6) is 0.506. The fourth-order valence-corrected chi connectivity index (χ4v) is 9.13. The molecule has 2 bridgehead atoms. The molecule has 8 rings (SSSR count). The van der Waals surface area contributed by atoms with E-state index in [-0.39, 0.29) is 49.6 Å². The predicted molar refractivity (Wildman–Crippen MR) is 222 cm³/mol. The molecule has 1 N–H and O–H groups in total.